The Morgan fingerprint density at radius 2 is 2.05 bits per heavy atom. The second kappa shape index (κ2) is 5.50. The van der Waals surface area contributed by atoms with Crippen LogP contribution in [-0.4, -0.2) is 25.6 Å². The first-order valence-corrected chi connectivity index (χ1v) is 8.31. The molecular weight excluding hydrogens is 318 g/mol. The van der Waals surface area contributed by atoms with Crippen LogP contribution in [0.2, 0.25) is 0 Å². The van der Waals surface area contributed by atoms with Gasteiger partial charge >= 0.3 is 5.97 Å². The molecule has 0 atom stereocenters. The normalized spacial score (nSPS) is 11.6. The van der Waals surface area contributed by atoms with E-state index in [1.54, 1.807) is 18.5 Å². The zero-order valence-electron chi connectivity index (χ0n) is 11.3. The second-order valence-corrected chi connectivity index (χ2v) is 6.89. The van der Waals surface area contributed by atoms with E-state index in [-0.39, 0.29) is 22.5 Å². The summed E-state index contributed by atoms with van der Waals surface area (Å²) in [6.45, 7) is 1.76. The topological polar surface area (TPSA) is 82.4 Å². The van der Waals surface area contributed by atoms with Crippen molar-refractivity contribution in [2.75, 3.05) is 6.61 Å². The SMILES string of the molecule is CCOC(=O)c1cn(C)c2ccc(S(=O)(=O)Cl)cc2c1=O. The predicted octanol–water partition coefficient (Wildman–Crippen LogP) is 1.64. The maximum atomic E-state index is 12.3. The van der Waals surface area contributed by atoms with Gasteiger partial charge in [-0.1, -0.05) is 0 Å². The number of ether oxygens (including phenoxy) is 1. The highest BCUT2D eigenvalue weighted by Gasteiger charge is 2.18. The third-order valence-corrected chi connectivity index (χ3v) is 4.29. The summed E-state index contributed by atoms with van der Waals surface area (Å²) in [5.74, 6) is -0.751. The lowest BCUT2D eigenvalue weighted by Gasteiger charge is -2.09. The molecule has 1 heterocycles. The van der Waals surface area contributed by atoms with E-state index >= 15 is 0 Å². The van der Waals surface area contributed by atoms with Crippen LogP contribution in [0.4, 0.5) is 0 Å². The lowest BCUT2D eigenvalue weighted by Crippen LogP contribution is -2.20. The van der Waals surface area contributed by atoms with Crippen molar-refractivity contribution in [1.82, 2.24) is 4.57 Å². The molecule has 6 nitrogen and oxygen atoms in total. The highest BCUT2D eigenvalue weighted by molar-refractivity contribution is 8.13. The van der Waals surface area contributed by atoms with Gasteiger partial charge in [0.15, 0.2) is 0 Å². The van der Waals surface area contributed by atoms with Crippen LogP contribution < -0.4 is 5.43 Å². The van der Waals surface area contributed by atoms with E-state index in [4.69, 9.17) is 15.4 Å². The molecule has 1 aromatic carbocycles. The molecule has 0 aliphatic heterocycles. The Morgan fingerprint density at radius 3 is 2.62 bits per heavy atom. The molecule has 0 saturated heterocycles. The van der Waals surface area contributed by atoms with Crippen LogP contribution in [0.15, 0.2) is 34.1 Å². The molecule has 0 radical (unpaired) electrons. The summed E-state index contributed by atoms with van der Waals surface area (Å²) in [6.07, 6.45) is 1.36. The Morgan fingerprint density at radius 1 is 1.38 bits per heavy atom. The second-order valence-electron chi connectivity index (χ2n) is 4.32. The zero-order chi connectivity index (χ0) is 15.8. The average Bonchev–Trinajstić information content (AvgIpc) is 2.41. The third kappa shape index (κ3) is 2.93. The molecule has 0 N–H and O–H groups in total. The van der Waals surface area contributed by atoms with Gasteiger partial charge in [0.25, 0.3) is 9.05 Å². The van der Waals surface area contributed by atoms with Crippen LogP contribution in [-0.2, 0) is 20.8 Å². The van der Waals surface area contributed by atoms with Gasteiger partial charge in [-0.25, -0.2) is 13.2 Å². The van der Waals surface area contributed by atoms with E-state index in [1.807, 2.05) is 0 Å². The molecule has 0 fully saturated rings. The quantitative estimate of drug-likeness (QED) is 0.631. The maximum absolute atomic E-state index is 12.3. The molecule has 0 aliphatic rings. The van der Waals surface area contributed by atoms with E-state index < -0.39 is 20.4 Å². The lowest BCUT2D eigenvalue weighted by molar-refractivity contribution is 0.0524. The molecule has 2 rings (SSSR count). The number of nitrogens with zero attached hydrogens (tertiary/aromatic N) is 1. The largest absolute Gasteiger partial charge is 0.462 e. The van der Waals surface area contributed by atoms with Gasteiger partial charge in [-0.3, -0.25) is 4.79 Å². The van der Waals surface area contributed by atoms with Crippen molar-refractivity contribution in [3.63, 3.8) is 0 Å². The summed E-state index contributed by atoms with van der Waals surface area (Å²) in [5.41, 5.74) is -0.267. The number of aromatic nitrogens is 1. The van der Waals surface area contributed by atoms with Crippen LogP contribution in [0.25, 0.3) is 10.9 Å². The van der Waals surface area contributed by atoms with Gasteiger partial charge < -0.3 is 9.30 Å². The molecule has 0 saturated carbocycles. The van der Waals surface area contributed by atoms with Crippen LogP contribution in [0, 0.1) is 0 Å². The lowest BCUT2D eigenvalue weighted by atomic mass is 10.1. The van der Waals surface area contributed by atoms with Crippen LogP contribution in [0.5, 0.6) is 0 Å². The van der Waals surface area contributed by atoms with Crippen molar-refractivity contribution in [2.45, 2.75) is 11.8 Å². The first-order valence-electron chi connectivity index (χ1n) is 6.01. The van der Waals surface area contributed by atoms with E-state index in [0.717, 1.165) is 6.07 Å². The summed E-state index contributed by atoms with van der Waals surface area (Å²) in [4.78, 5) is 23.9. The van der Waals surface area contributed by atoms with Crippen molar-refractivity contribution < 1.29 is 17.9 Å². The maximum Gasteiger partial charge on any atom is 0.343 e. The Kier molecular flexibility index (Phi) is 4.06. The Balaban J connectivity index is 2.81. The van der Waals surface area contributed by atoms with Crippen molar-refractivity contribution in [3.05, 3.63) is 40.2 Å². The molecule has 1 aromatic heterocycles. The smallest absolute Gasteiger partial charge is 0.343 e. The first kappa shape index (κ1) is 15.5. The van der Waals surface area contributed by atoms with Gasteiger partial charge in [-0.2, -0.15) is 0 Å². The zero-order valence-corrected chi connectivity index (χ0v) is 12.9. The molecule has 0 spiro atoms. The minimum absolute atomic E-state index is 0.0878. The number of esters is 1. The van der Waals surface area contributed by atoms with Crippen molar-refractivity contribution >= 4 is 36.6 Å². The number of halogens is 1. The first-order chi connectivity index (χ1) is 9.75. The average molecular weight is 330 g/mol. The molecule has 0 unspecified atom stereocenters. The molecule has 0 amide bonds. The number of aryl methyl sites for hydroxylation is 1. The van der Waals surface area contributed by atoms with Crippen molar-refractivity contribution in [2.24, 2.45) is 7.05 Å². The van der Waals surface area contributed by atoms with Gasteiger partial charge in [0.2, 0.25) is 5.43 Å². The van der Waals surface area contributed by atoms with E-state index in [2.05, 4.69) is 0 Å². The van der Waals surface area contributed by atoms with Crippen LogP contribution in [0.3, 0.4) is 0 Å². The Labute approximate surface area is 125 Å². The van der Waals surface area contributed by atoms with Crippen LogP contribution >= 0.6 is 10.7 Å². The number of pyridine rings is 1. The fourth-order valence-electron chi connectivity index (χ4n) is 1.98. The highest BCUT2D eigenvalue weighted by atomic mass is 35.7. The summed E-state index contributed by atoms with van der Waals surface area (Å²) in [6, 6.07) is 3.91. The fourth-order valence-corrected chi connectivity index (χ4v) is 2.75. The molecule has 8 heteroatoms. The van der Waals surface area contributed by atoms with Gasteiger partial charge in [-0.05, 0) is 25.1 Å². The predicted molar refractivity (Wildman–Crippen MR) is 78.2 cm³/mol. The van der Waals surface area contributed by atoms with Gasteiger partial charge in [0.1, 0.15) is 5.56 Å². The number of carbonyl (C=O) groups is 1. The summed E-state index contributed by atoms with van der Waals surface area (Å²) in [5, 5.41) is 0.0878. The fraction of sp³-hybridized carbons (Fsp3) is 0.231. The van der Waals surface area contributed by atoms with Gasteiger partial charge in [0.05, 0.1) is 17.0 Å². The minimum atomic E-state index is -3.96. The monoisotopic (exact) mass is 329 g/mol. The number of carbonyl (C=O) groups excluding carboxylic acids is 1. The summed E-state index contributed by atoms with van der Waals surface area (Å²) in [7, 11) is 2.95. The van der Waals surface area contributed by atoms with Gasteiger partial charge in [0, 0.05) is 29.3 Å². The Hall–Kier alpha value is -1.86. The summed E-state index contributed by atoms with van der Waals surface area (Å²) < 4.78 is 29.1. The van der Waals surface area contributed by atoms with Crippen LogP contribution in [0.1, 0.15) is 17.3 Å². The van der Waals surface area contributed by atoms with E-state index in [1.165, 1.54) is 18.3 Å². The van der Waals surface area contributed by atoms with Gasteiger partial charge in [-0.15, -0.1) is 0 Å². The molecule has 2 aromatic rings. The molecule has 112 valence electrons. The van der Waals surface area contributed by atoms with Crippen molar-refractivity contribution in [1.29, 1.82) is 0 Å². The molecular formula is C13H12ClNO5S. The molecule has 0 bridgehead atoms. The molecule has 21 heavy (non-hydrogen) atoms. The van der Waals surface area contributed by atoms with E-state index in [9.17, 15) is 18.0 Å². The minimum Gasteiger partial charge on any atom is -0.462 e. The third-order valence-electron chi connectivity index (χ3n) is 2.94. The summed E-state index contributed by atoms with van der Waals surface area (Å²) >= 11 is 0. The van der Waals surface area contributed by atoms with E-state index in [0.29, 0.717) is 5.52 Å². The number of benzene rings is 1. The van der Waals surface area contributed by atoms with Crippen molar-refractivity contribution in [3.8, 4) is 0 Å². The number of fused-ring (bicyclic) bond motifs is 1. The number of rotatable bonds is 3. The molecule has 0 aliphatic carbocycles. The Bertz CT molecular complexity index is 885. The highest BCUT2D eigenvalue weighted by Crippen LogP contribution is 2.20. The standard InChI is InChI=1S/C13H12ClNO5S/c1-3-20-13(17)10-7-15(2)11-5-4-8(21(14,18)19)6-9(11)12(10)16/h4-7H,3H2,1-2H3. The number of hydrogen-bond acceptors (Lipinski definition) is 5. The number of hydrogen-bond donors (Lipinski definition) is 0.